The molecule has 72 valence electrons. The molecule has 0 aromatic rings. The van der Waals surface area contributed by atoms with E-state index in [1.54, 1.807) is 0 Å². The largest absolute Gasteiger partial charge is 0.316 e. The van der Waals surface area contributed by atoms with Crippen molar-refractivity contribution in [2.75, 3.05) is 13.1 Å². The molecule has 0 aromatic heterocycles. The van der Waals surface area contributed by atoms with Crippen LogP contribution in [0.5, 0.6) is 0 Å². The smallest absolute Gasteiger partial charge is 0.000518 e. The molecule has 1 heterocycles. The van der Waals surface area contributed by atoms with Gasteiger partial charge in [0.2, 0.25) is 0 Å². The molecule has 0 aliphatic carbocycles. The zero-order valence-electron chi connectivity index (χ0n) is 8.64. The molecule has 1 heteroatoms. The Balaban J connectivity index is 2.36. The van der Waals surface area contributed by atoms with Crippen molar-refractivity contribution in [1.29, 1.82) is 0 Å². The molecule has 0 unspecified atom stereocenters. The number of allylic oxidation sites excluding steroid dienone is 5. The fraction of sp³-hybridized carbons (Fsp3) is 0.500. The van der Waals surface area contributed by atoms with Crippen LogP contribution in [0.15, 0.2) is 36.0 Å². The van der Waals surface area contributed by atoms with Crippen LogP contribution in [0.4, 0.5) is 0 Å². The third-order valence-electron chi connectivity index (χ3n) is 2.43. The highest BCUT2D eigenvalue weighted by atomic mass is 14.9. The van der Waals surface area contributed by atoms with E-state index in [-0.39, 0.29) is 0 Å². The average molecular weight is 177 g/mol. The third-order valence-corrected chi connectivity index (χ3v) is 2.43. The van der Waals surface area contributed by atoms with Gasteiger partial charge in [0.1, 0.15) is 0 Å². The van der Waals surface area contributed by atoms with Crippen LogP contribution in [0, 0.1) is 5.92 Å². The van der Waals surface area contributed by atoms with Crippen molar-refractivity contribution in [1.82, 2.24) is 5.32 Å². The normalized spacial score (nSPS) is 19.8. The Morgan fingerprint density at radius 1 is 1.38 bits per heavy atom. The lowest BCUT2D eigenvalue weighted by atomic mass is 9.95. The minimum Gasteiger partial charge on any atom is -0.316 e. The summed E-state index contributed by atoms with van der Waals surface area (Å²) >= 11 is 0. The third kappa shape index (κ3) is 3.60. The van der Waals surface area contributed by atoms with Crippen molar-refractivity contribution in [3.8, 4) is 0 Å². The summed E-state index contributed by atoms with van der Waals surface area (Å²) < 4.78 is 0. The molecule has 1 saturated heterocycles. The lowest BCUT2D eigenvalue weighted by Gasteiger charge is -2.27. The van der Waals surface area contributed by atoms with Crippen LogP contribution in [0.2, 0.25) is 0 Å². The molecule has 1 nitrogen and oxygen atoms in total. The quantitative estimate of drug-likeness (QED) is 0.651. The molecule has 0 atom stereocenters. The van der Waals surface area contributed by atoms with E-state index in [2.05, 4.69) is 37.9 Å². The molecule has 0 aromatic carbocycles. The summed E-state index contributed by atoms with van der Waals surface area (Å²) in [5.74, 6) is 0.869. The van der Waals surface area contributed by atoms with E-state index in [0.29, 0.717) is 0 Å². The van der Waals surface area contributed by atoms with Crippen LogP contribution in [-0.2, 0) is 0 Å². The highest BCUT2D eigenvalue weighted by Crippen LogP contribution is 2.15. The van der Waals surface area contributed by atoms with E-state index < -0.39 is 0 Å². The second-order valence-corrected chi connectivity index (χ2v) is 3.86. The predicted molar refractivity (Wildman–Crippen MR) is 58.7 cm³/mol. The Hall–Kier alpha value is -0.820. The number of hydrogen-bond donors (Lipinski definition) is 1. The minimum atomic E-state index is 0.869. The second-order valence-electron chi connectivity index (χ2n) is 3.86. The standard InChI is InChI=1S/C12H19N/c1-4-10(2)5-6-11(3)7-12-8-13-9-12/h4-6,12-13H,1,7-9H2,2-3H3/b10-5-,11-6+. The molecule has 0 bridgehead atoms. The van der Waals surface area contributed by atoms with Crippen LogP contribution in [0.1, 0.15) is 20.3 Å². The second kappa shape index (κ2) is 5.03. The van der Waals surface area contributed by atoms with Crippen LogP contribution >= 0.6 is 0 Å². The van der Waals surface area contributed by atoms with Gasteiger partial charge in [0.15, 0.2) is 0 Å². The van der Waals surface area contributed by atoms with Gasteiger partial charge in [-0.2, -0.15) is 0 Å². The van der Waals surface area contributed by atoms with E-state index in [0.717, 1.165) is 5.92 Å². The van der Waals surface area contributed by atoms with Crippen LogP contribution in [-0.4, -0.2) is 13.1 Å². The Kier molecular flexibility index (Phi) is 3.97. The molecule has 1 rings (SSSR count). The van der Waals surface area contributed by atoms with Gasteiger partial charge in [0, 0.05) is 0 Å². The number of rotatable bonds is 4. The number of nitrogens with one attached hydrogen (secondary N) is 1. The summed E-state index contributed by atoms with van der Waals surface area (Å²) in [7, 11) is 0. The maximum absolute atomic E-state index is 3.72. The van der Waals surface area contributed by atoms with Gasteiger partial charge in [-0.1, -0.05) is 36.0 Å². The molecule has 0 radical (unpaired) electrons. The van der Waals surface area contributed by atoms with E-state index in [1.165, 1.54) is 30.7 Å². The molecular weight excluding hydrogens is 158 g/mol. The van der Waals surface area contributed by atoms with Gasteiger partial charge in [0.05, 0.1) is 0 Å². The molecule has 0 amide bonds. The van der Waals surface area contributed by atoms with Crippen LogP contribution < -0.4 is 5.32 Å². The summed E-state index contributed by atoms with van der Waals surface area (Å²) in [6, 6.07) is 0. The monoisotopic (exact) mass is 177 g/mol. The average Bonchev–Trinajstić information content (AvgIpc) is 2.07. The van der Waals surface area contributed by atoms with Crippen molar-refractivity contribution in [3.05, 3.63) is 36.0 Å². The zero-order valence-corrected chi connectivity index (χ0v) is 8.64. The van der Waals surface area contributed by atoms with E-state index in [1.807, 2.05) is 6.08 Å². The zero-order chi connectivity index (χ0) is 9.68. The van der Waals surface area contributed by atoms with Gasteiger partial charge < -0.3 is 5.32 Å². The molecule has 1 fully saturated rings. The molecule has 1 aliphatic heterocycles. The predicted octanol–water partition coefficient (Wildman–Crippen LogP) is 2.67. The highest BCUT2D eigenvalue weighted by molar-refractivity contribution is 5.22. The first-order valence-electron chi connectivity index (χ1n) is 4.89. The maximum Gasteiger partial charge on any atom is -0.000518 e. The molecule has 1 N–H and O–H groups in total. The van der Waals surface area contributed by atoms with Gasteiger partial charge in [-0.05, 0) is 39.3 Å². The van der Waals surface area contributed by atoms with Crippen molar-refractivity contribution >= 4 is 0 Å². The van der Waals surface area contributed by atoms with Crippen molar-refractivity contribution < 1.29 is 0 Å². The number of hydrogen-bond acceptors (Lipinski definition) is 1. The first-order valence-corrected chi connectivity index (χ1v) is 4.89. The van der Waals surface area contributed by atoms with Gasteiger partial charge in [-0.15, -0.1) is 0 Å². The molecule has 13 heavy (non-hydrogen) atoms. The SMILES string of the molecule is C=C/C(C)=C\C=C(/C)CC1CNC1. The topological polar surface area (TPSA) is 12.0 Å². The van der Waals surface area contributed by atoms with Crippen LogP contribution in [0.3, 0.4) is 0 Å². The Bertz CT molecular complexity index is 232. The summed E-state index contributed by atoms with van der Waals surface area (Å²) in [6.45, 7) is 10.4. The molecule has 0 saturated carbocycles. The van der Waals surface area contributed by atoms with E-state index in [9.17, 15) is 0 Å². The van der Waals surface area contributed by atoms with E-state index in [4.69, 9.17) is 0 Å². The molecule has 1 aliphatic rings. The summed E-state index contributed by atoms with van der Waals surface area (Å²) in [5.41, 5.74) is 2.69. The summed E-state index contributed by atoms with van der Waals surface area (Å²) in [4.78, 5) is 0. The van der Waals surface area contributed by atoms with Crippen molar-refractivity contribution in [2.24, 2.45) is 5.92 Å². The van der Waals surface area contributed by atoms with Gasteiger partial charge in [-0.25, -0.2) is 0 Å². The molecule has 0 spiro atoms. The van der Waals surface area contributed by atoms with E-state index >= 15 is 0 Å². The lowest BCUT2D eigenvalue weighted by molar-refractivity contribution is 0.346. The minimum absolute atomic E-state index is 0.869. The Morgan fingerprint density at radius 3 is 2.54 bits per heavy atom. The first kappa shape index (κ1) is 10.3. The fourth-order valence-corrected chi connectivity index (χ4v) is 1.36. The van der Waals surface area contributed by atoms with Crippen molar-refractivity contribution in [2.45, 2.75) is 20.3 Å². The van der Waals surface area contributed by atoms with Crippen LogP contribution in [0.25, 0.3) is 0 Å². The highest BCUT2D eigenvalue weighted by Gasteiger charge is 2.15. The van der Waals surface area contributed by atoms with Crippen molar-refractivity contribution in [3.63, 3.8) is 0 Å². The van der Waals surface area contributed by atoms with Gasteiger partial charge in [0.25, 0.3) is 0 Å². The lowest BCUT2D eigenvalue weighted by Crippen LogP contribution is -2.41. The maximum atomic E-state index is 3.72. The van der Waals surface area contributed by atoms with Gasteiger partial charge in [-0.3, -0.25) is 0 Å². The summed E-state index contributed by atoms with van der Waals surface area (Å²) in [5, 5.41) is 3.28. The summed E-state index contributed by atoms with van der Waals surface area (Å²) in [6.07, 6.45) is 7.45. The first-order chi connectivity index (χ1) is 6.22. The fourth-order valence-electron chi connectivity index (χ4n) is 1.36. The molecular formula is C12H19N. The Morgan fingerprint density at radius 2 is 2.08 bits per heavy atom. The Labute approximate surface area is 81.2 Å². The van der Waals surface area contributed by atoms with Gasteiger partial charge >= 0.3 is 0 Å².